The van der Waals surface area contributed by atoms with E-state index in [9.17, 15) is 14.7 Å². The van der Waals surface area contributed by atoms with E-state index in [4.69, 9.17) is 14.2 Å². The third kappa shape index (κ3) is 5.48. The predicted molar refractivity (Wildman–Crippen MR) is 160 cm³/mol. The van der Waals surface area contributed by atoms with Gasteiger partial charge in [0.15, 0.2) is 15.8 Å². The van der Waals surface area contributed by atoms with Crippen molar-refractivity contribution in [2.45, 2.75) is 16.1 Å². The van der Waals surface area contributed by atoms with Crippen LogP contribution in [0, 0.1) is 0 Å². The van der Waals surface area contributed by atoms with Gasteiger partial charge < -0.3 is 19.3 Å². The van der Waals surface area contributed by atoms with Crippen molar-refractivity contribution >= 4 is 45.7 Å². The fourth-order valence-electron chi connectivity index (χ4n) is 4.70. The summed E-state index contributed by atoms with van der Waals surface area (Å²) in [5.74, 6) is 0.194. The van der Waals surface area contributed by atoms with E-state index in [0.717, 1.165) is 5.56 Å². The van der Waals surface area contributed by atoms with Crippen LogP contribution in [0.3, 0.4) is 0 Å². The largest absolute Gasteiger partial charge is 0.507 e. The van der Waals surface area contributed by atoms with Crippen molar-refractivity contribution in [1.29, 1.82) is 0 Å². The molecular weight excluding hydrogens is 574 g/mol. The quantitative estimate of drug-likeness (QED) is 0.0638. The Balaban J connectivity index is 1.41. The number of aliphatic hydroxyl groups is 1. The highest BCUT2D eigenvalue weighted by Crippen LogP contribution is 2.45. The molecule has 2 aliphatic heterocycles. The van der Waals surface area contributed by atoms with Gasteiger partial charge in [-0.25, -0.2) is 0 Å². The number of aromatic nitrogens is 2. The molecule has 0 unspecified atom stereocenters. The molecule has 1 atom stereocenters. The van der Waals surface area contributed by atoms with E-state index in [0.29, 0.717) is 51.7 Å². The summed E-state index contributed by atoms with van der Waals surface area (Å²) in [7, 11) is 0. The smallest absolute Gasteiger partial charge is 0.301 e. The van der Waals surface area contributed by atoms with E-state index < -0.39 is 17.7 Å². The Morgan fingerprint density at radius 3 is 2.67 bits per heavy atom. The van der Waals surface area contributed by atoms with E-state index in [1.807, 2.05) is 30.3 Å². The lowest BCUT2D eigenvalue weighted by Crippen LogP contribution is -2.29. The van der Waals surface area contributed by atoms with Crippen molar-refractivity contribution < 1.29 is 28.9 Å². The number of anilines is 1. The number of rotatable bonds is 9. The zero-order valence-electron chi connectivity index (χ0n) is 22.3. The summed E-state index contributed by atoms with van der Waals surface area (Å²) in [6.07, 6.45) is 1.62. The standard InChI is InChI=1S/C31H25N3O6S2/c1-2-13-38-22-10-6-9-20(16-22)26-25(27(35)21-11-12-23-24(17-21)40-15-14-39-23)28(36)29(37)34(26)30-32-33-31(42-30)41-18-19-7-4-3-5-8-19/h2-12,16-17,26,35H,1,13-15,18H2/b27-25+/t26-/m0/s1. The fourth-order valence-corrected chi connectivity index (χ4v) is 6.52. The number of Topliss-reactive ketones (excluding diaryl/α,β-unsaturated/α-hetero) is 1. The van der Waals surface area contributed by atoms with Crippen molar-refractivity contribution in [1.82, 2.24) is 10.2 Å². The molecule has 1 N–H and O–H groups in total. The second-order valence-electron chi connectivity index (χ2n) is 9.32. The molecule has 42 heavy (non-hydrogen) atoms. The van der Waals surface area contributed by atoms with Gasteiger partial charge in [-0.2, -0.15) is 0 Å². The van der Waals surface area contributed by atoms with Crippen molar-refractivity contribution in [2.24, 2.45) is 0 Å². The van der Waals surface area contributed by atoms with Crippen LogP contribution >= 0.6 is 23.1 Å². The van der Waals surface area contributed by atoms with Gasteiger partial charge in [0.2, 0.25) is 5.13 Å². The lowest BCUT2D eigenvalue weighted by atomic mass is 9.95. The Labute approximate surface area is 250 Å². The molecule has 1 aromatic heterocycles. The number of ketones is 1. The highest BCUT2D eigenvalue weighted by atomic mass is 32.2. The predicted octanol–water partition coefficient (Wildman–Crippen LogP) is 5.79. The molecule has 2 aliphatic rings. The van der Waals surface area contributed by atoms with Gasteiger partial charge in [0.1, 0.15) is 31.3 Å². The SMILES string of the molecule is C=CCOc1cccc([C@H]2/C(=C(\O)c3ccc4c(c3)OCCO4)C(=O)C(=O)N2c2nnc(SCc3ccccc3)s2)c1. The maximum absolute atomic E-state index is 13.6. The van der Waals surface area contributed by atoms with Crippen LogP contribution in [0.1, 0.15) is 22.7 Å². The molecule has 0 radical (unpaired) electrons. The summed E-state index contributed by atoms with van der Waals surface area (Å²) in [4.78, 5) is 28.5. The van der Waals surface area contributed by atoms with E-state index in [-0.39, 0.29) is 23.1 Å². The Hall–Kier alpha value is -4.61. The normalized spacial score (nSPS) is 17.3. The number of hydrogen-bond acceptors (Lipinski definition) is 10. The number of aliphatic hydroxyl groups excluding tert-OH is 1. The van der Waals surface area contributed by atoms with E-state index in [1.54, 1.807) is 48.5 Å². The van der Waals surface area contributed by atoms with Crippen LogP contribution in [0.2, 0.25) is 0 Å². The molecule has 9 nitrogen and oxygen atoms in total. The first-order chi connectivity index (χ1) is 20.5. The highest BCUT2D eigenvalue weighted by molar-refractivity contribution is 8.00. The molecule has 1 saturated heterocycles. The van der Waals surface area contributed by atoms with Crippen molar-refractivity contribution in [3.8, 4) is 17.2 Å². The number of amides is 1. The van der Waals surface area contributed by atoms with Crippen LogP contribution in [-0.4, -0.2) is 46.8 Å². The number of hydrogen-bond donors (Lipinski definition) is 1. The molecule has 6 rings (SSSR count). The van der Waals surface area contributed by atoms with Crippen LogP contribution < -0.4 is 19.1 Å². The topological polar surface area (TPSA) is 111 Å². The number of carbonyl (C=O) groups is 2. The highest BCUT2D eigenvalue weighted by Gasteiger charge is 2.48. The lowest BCUT2D eigenvalue weighted by Gasteiger charge is -2.23. The zero-order valence-corrected chi connectivity index (χ0v) is 23.9. The fraction of sp³-hybridized carbons (Fsp3) is 0.161. The molecular formula is C31H25N3O6S2. The van der Waals surface area contributed by atoms with Crippen LogP contribution in [0.4, 0.5) is 5.13 Å². The molecule has 212 valence electrons. The first kappa shape index (κ1) is 27.6. The third-order valence-electron chi connectivity index (χ3n) is 6.61. The van der Waals surface area contributed by atoms with E-state index in [1.165, 1.54) is 28.0 Å². The van der Waals surface area contributed by atoms with Crippen LogP contribution in [0.25, 0.3) is 5.76 Å². The number of ether oxygens (including phenoxy) is 3. The summed E-state index contributed by atoms with van der Waals surface area (Å²) < 4.78 is 17.6. The molecule has 0 bridgehead atoms. The van der Waals surface area contributed by atoms with Gasteiger partial charge >= 0.3 is 5.91 Å². The van der Waals surface area contributed by atoms with Gasteiger partial charge in [-0.05, 0) is 41.5 Å². The summed E-state index contributed by atoms with van der Waals surface area (Å²) in [6.45, 7) is 4.74. The zero-order chi connectivity index (χ0) is 29.1. The minimum Gasteiger partial charge on any atom is -0.507 e. The second-order valence-corrected chi connectivity index (χ2v) is 11.5. The summed E-state index contributed by atoms with van der Waals surface area (Å²) in [5, 5.41) is 20.3. The van der Waals surface area contributed by atoms with E-state index >= 15 is 0 Å². The average Bonchev–Trinajstić information content (AvgIpc) is 3.60. The Morgan fingerprint density at radius 2 is 1.86 bits per heavy atom. The maximum atomic E-state index is 13.6. The maximum Gasteiger partial charge on any atom is 0.301 e. The van der Waals surface area contributed by atoms with Gasteiger partial charge in [0, 0.05) is 11.3 Å². The molecule has 3 heterocycles. The van der Waals surface area contributed by atoms with Crippen molar-refractivity contribution in [3.05, 3.63) is 108 Å². The number of nitrogens with zero attached hydrogens (tertiary/aromatic N) is 3. The van der Waals surface area contributed by atoms with Gasteiger partial charge in [-0.3, -0.25) is 14.5 Å². The molecule has 1 fully saturated rings. The molecule has 0 saturated carbocycles. The number of benzene rings is 3. The lowest BCUT2D eigenvalue weighted by molar-refractivity contribution is -0.132. The van der Waals surface area contributed by atoms with Crippen molar-refractivity contribution in [3.63, 3.8) is 0 Å². The van der Waals surface area contributed by atoms with Gasteiger partial charge in [0.05, 0.1) is 11.6 Å². The third-order valence-corrected chi connectivity index (χ3v) is 8.74. The molecule has 0 spiro atoms. The second kappa shape index (κ2) is 12.1. The van der Waals surface area contributed by atoms with Crippen LogP contribution in [-0.2, 0) is 15.3 Å². The average molecular weight is 600 g/mol. The number of carbonyl (C=O) groups excluding carboxylic acids is 2. The first-order valence-corrected chi connectivity index (χ1v) is 14.9. The Morgan fingerprint density at radius 1 is 1.05 bits per heavy atom. The first-order valence-electron chi connectivity index (χ1n) is 13.1. The van der Waals surface area contributed by atoms with Crippen LogP contribution in [0.5, 0.6) is 17.2 Å². The molecule has 0 aliphatic carbocycles. The summed E-state index contributed by atoms with van der Waals surface area (Å²) >= 11 is 2.69. The van der Waals surface area contributed by atoms with Gasteiger partial charge in [-0.15, -0.1) is 10.2 Å². The molecule has 11 heteroatoms. The number of fused-ring (bicyclic) bond motifs is 1. The summed E-state index contributed by atoms with van der Waals surface area (Å²) in [6, 6.07) is 20.9. The monoisotopic (exact) mass is 599 g/mol. The minimum atomic E-state index is -0.981. The summed E-state index contributed by atoms with van der Waals surface area (Å²) in [5.41, 5.74) is 1.92. The van der Waals surface area contributed by atoms with Gasteiger partial charge in [0.25, 0.3) is 5.78 Å². The number of thioether (sulfide) groups is 1. The Kier molecular flexibility index (Phi) is 7.93. The molecule has 1 amide bonds. The molecule has 4 aromatic rings. The van der Waals surface area contributed by atoms with Crippen molar-refractivity contribution in [2.75, 3.05) is 24.7 Å². The van der Waals surface area contributed by atoms with E-state index in [2.05, 4.69) is 16.8 Å². The molecule has 3 aromatic carbocycles. The van der Waals surface area contributed by atoms with Crippen LogP contribution in [0.15, 0.2) is 95.4 Å². The Bertz CT molecular complexity index is 1690. The van der Waals surface area contributed by atoms with Gasteiger partial charge in [-0.1, -0.05) is 78.2 Å². The minimum absolute atomic E-state index is 0.0776.